The van der Waals surface area contributed by atoms with Gasteiger partial charge in [-0.2, -0.15) is 0 Å². The van der Waals surface area contributed by atoms with E-state index in [4.69, 9.17) is 4.74 Å². The van der Waals surface area contributed by atoms with E-state index in [-0.39, 0.29) is 41.1 Å². The van der Waals surface area contributed by atoms with Gasteiger partial charge in [-0.25, -0.2) is 14.2 Å². The average Bonchev–Trinajstić information content (AvgIpc) is 2.92. The molecule has 2 bridgehead atoms. The monoisotopic (exact) mass is 590 g/mol. The molecule has 12 heteroatoms. The molecule has 1 aromatic rings. The summed E-state index contributed by atoms with van der Waals surface area (Å²) in [6, 6.07) is 0.910. The van der Waals surface area contributed by atoms with Crippen molar-refractivity contribution in [1.29, 1.82) is 0 Å². The Kier molecular flexibility index (Phi) is 14.2. The maximum absolute atomic E-state index is 14.2. The van der Waals surface area contributed by atoms with E-state index < -0.39 is 41.7 Å². The minimum atomic E-state index is -1.09. The number of halogens is 1. The van der Waals surface area contributed by atoms with E-state index in [9.17, 15) is 28.4 Å². The van der Waals surface area contributed by atoms with Gasteiger partial charge in [0.15, 0.2) is 5.12 Å². The number of rotatable bonds is 9. The zero-order valence-electron chi connectivity index (χ0n) is 24.0. The summed E-state index contributed by atoms with van der Waals surface area (Å²) >= 11 is 1.24. The van der Waals surface area contributed by atoms with Crippen molar-refractivity contribution in [2.75, 3.05) is 5.75 Å². The van der Waals surface area contributed by atoms with Crippen LogP contribution in [0.2, 0.25) is 0 Å². The van der Waals surface area contributed by atoms with Crippen LogP contribution in [0.1, 0.15) is 82.4 Å². The second-order valence-corrected chi connectivity index (χ2v) is 11.0. The molecule has 0 aliphatic carbocycles. The number of carbonyl (C=O) groups is 5. The lowest BCUT2D eigenvalue weighted by Crippen LogP contribution is -2.48. The molecule has 10 nitrogen and oxygen atoms in total. The maximum atomic E-state index is 14.2. The van der Waals surface area contributed by atoms with Crippen LogP contribution in [0, 0.1) is 11.7 Å². The van der Waals surface area contributed by atoms with E-state index in [1.165, 1.54) is 24.8 Å². The SMILES string of the molecule is C/C=C1\NC(=O)c2cc(F)cc(n2)CNC(=O)C[C@@H](/C=C/CCSC(=O)CCCCC)OC(=O)[C@H](C(C)C)NC1=O. The second-order valence-electron chi connectivity index (χ2n) is 9.86. The highest BCUT2D eigenvalue weighted by Gasteiger charge is 2.30. The molecule has 2 heterocycles. The number of aromatic nitrogens is 1. The van der Waals surface area contributed by atoms with Gasteiger partial charge in [0.2, 0.25) is 5.91 Å². The molecule has 0 aromatic carbocycles. The number of carbonyl (C=O) groups excluding carboxylic acids is 5. The van der Waals surface area contributed by atoms with E-state index in [1.54, 1.807) is 26.0 Å². The van der Waals surface area contributed by atoms with Gasteiger partial charge in [-0.1, -0.05) is 57.5 Å². The summed E-state index contributed by atoms with van der Waals surface area (Å²) in [6.45, 7) is 6.84. The molecule has 2 atom stereocenters. The zero-order chi connectivity index (χ0) is 30.4. The third-order valence-electron chi connectivity index (χ3n) is 6.07. The standard InChI is InChI=1S/C29H39FN4O6S/c1-5-7-8-12-25(36)41-13-10-9-11-21-16-24(35)31-17-20-14-19(30)15-23(32-20)28(38)33-22(6-2)27(37)34-26(18(3)4)29(39)40-21/h6,9,11,14-15,18,21,26H,5,7-8,10,12-13,16-17H2,1-4H3,(H,31,35)(H,33,38)(H,34,37)/b11-9+,22-6-/t21-,26+/m1/s1. The van der Waals surface area contributed by atoms with E-state index >= 15 is 0 Å². The molecule has 3 amide bonds. The first-order valence-electron chi connectivity index (χ1n) is 13.8. The number of fused-ring (bicyclic) bond motifs is 2. The van der Waals surface area contributed by atoms with E-state index in [2.05, 4.69) is 27.9 Å². The number of pyridine rings is 1. The van der Waals surface area contributed by atoms with Gasteiger partial charge in [0.25, 0.3) is 11.8 Å². The van der Waals surface area contributed by atoms with Crippen molar-refractivity contribution in [2.45, 2.75) is 84.9 Å². The fourth-order valence-corrected chi connectivity index (χ4v) is 4.59. The van der Waals surface area contributed by atoms with Crippen molar-refractivity contribution >= 4 is 40.6 Å². The first-order chi connectivity index (χ1) is 19.5. The number of ether oxygens (including phenoxy) is 1. The Labute approximate surface area is 244 Å². The lowest BCUT2D eigenvalue weighted by atomic mass is 10.0. The van der Waals surface area contributed by atoms with E-state index in [1.807, 2.05) is 0 Å². The topological polar surface area (TPSA) is 144 Å². The predicted octanol–water partition coefficient (Wildman–Crippen LogP) is 3.71. The van der Waals surface area contributed by atoms with Crippen LogP contribution in [0.25, 0.3) is 0 Å². The van der Waals surface area contributed by atoms with Gasteiger partial charge in [0.1, 0.15) is 29.4 Å². The van der Waals surface area contributed by atoms with Crippen molar-refractivity contribution in [2.24, 2.45) is 5.92 Å². The molecule has 3 N–H and O–H groups in total. The number of amides is 3. The average molecular weight is 591 g/mol. The van der Waals surface area contributed by atoms with Gasteiger partial charge in [-0.3, -0.25) is 19.2 Å². The molecule has 0 fully saturated rings. The number of hydrogen-bond acceptors (Lipinski definition) is 8. The molecule has 0 unspecified atom stereocenters. The number of thioether (sulfide) groups is 1. The summed E-state index contributed by atoms with van der Waals surface area (Å²) in [5.74, 6) is -3.41. The van der Waals surface area contributed by atoms with Crippen molar-refractivity contribution in [3.05, 3.63) is 53.3 Å². The van der Waals surface area contributed by atoms with Crippen LogP contribution in [0.3, 0.4) is 0 Å². The molecule has 41 heavy (non-hydrogen) atoms. The molecule has 0 spiro atoms. The Hall–Kier alpha value is -3.54. The number of nitrogens with zero attached hydrogens (tertiary/aromatic N) is 1. The summed E-state index contributed by atoms with van der Waals surface area (Å²) in [5, 5.41) is 7.70. The molecule has 1 aliphatic heterocycles. The Bertz CT molecular complexity index is 1170. The number of cyclic esters (lactones) is 1. The lowest BCUT2D eigenvalue weighted by molar-refractivity contribution is -0.153. The van der Waals surface area contributed by atoms with Crippen LogP contribution in [-0.4, -0.2) is 51.7 Å². The molecular formula is C29H39FN4O6S. The molecule has 0 saturated heterocycles. The largest absolute Gasteiger partial charge is 0.456 e. The molecular weight excluding hydrogens is 551 g/mol. The normalized spacial score (nSPS) is 20.1. The van der Waals surface area contributed by atoms with Crippen LogP contribution in [-0.2, 0) is 30.5 Å². The van der Waals surface area contributed by atoms with Crippen LogP contribution in [0.4, 0.5) is 4.39 Å². The highest BCUT2D eigenvalue weighted by atomic mass is 32.2. The van der Waals surface area contributed by atoms with E-state index in [0.29, 0.717) is 18.6 Å². The molecule has 1 aromatic heterocycles. The van der Waals surface area contributed by atoms with Gasteiger partial charge < -0.3 is 20.7 Å². The van der Waals surface area contributed by atoms with Crippen molar-refractivity contribution in [3.8, 4) is 0 Å². The van der Waals surface area contributed by atoms with Gasteiger partial charge in [-0.05, 0) is 37.8 Å². The van der Waals surface area contributed by atoms with Crippen LogP contribution >= 0.6 is 11.8 Å². The maximum Gasteiger partial charge on any atom is 0.329 e. The van der Waals surface area contributed by atoms with Crippen LogP contribution in [0.5, 0.6) is 0 Å². The van der Waals surface area contributed by atoms with Gasteiger partial charge in [-0.15, -0.1) is 0 Å². The highest BCUT2D eigenvalue weighted by Crippen LogP contribution is 2.14. The highest BCUT2D eigenvalue weighted by molar-refractivity contribution is 8.13. The number of nitrogens with one attached hydrogen (secondary N) is 3. The minimum Gasteiger partial charge on any atom is -0.456 e. The van der Waals surface area contributed by atoms with Gasteiger partial charge in [0, 0.05) is 18.2 Å². The summed E-state index contributed by atoms with van der Waals surface area (Å²) in [4.78, 5) is 67.6. The smallest absolute Gasteiger partial charge is 0.329 e. The van der Waals surface area contributed by atoms with Gasteiger partial charge >= 0.3 is 5.97 Å². The first-order valence-corrected chi connectivity index (χ1v) is 14.8. The Morgan fingerprint density at radius 2 is 1.95 bits per heavy atom. The first kappa shape index (κ1) is 33.7. The Morgan fingerprint density at radius 1 is 1.20 bits per heavy atom. The van der Waals surface area contributed by atoms with Gasteiger partial charge in [0.05, 0.1) is 18.7 Å². The third-order valence-corrected chi connectivity index (χ3v) is 7.03. The zero-order valence-corrected chi connectivity index (χ0v) is 24.8. The Balaban J connectivity index is 2.25. The lowest BCUT2D eigenvalue weighted by Gasteiger charge is -2.24. The summed E-state index contributed by atoms with van der Waals surface area (Å²) in [7, 11) is 0. The third kappa shape index (κ3) is 11.8. The predicted molar refractivity (Wildman–Crippen MR) is 154 cm³/mol. The van der Waals surface area contributed by atoms with Crippen LogP contribution < -0.4 is 16.0 Å². The van der Waals surface area contributed by atoms with Crippen molar-refractivity contribution in [3.63, 3.8) is 0 Å². The summed E-state index contributed by atoms with van der Waals surface area (Å²) in [6.07, 6.45) is 7.44. The number of unbranched alkanes of at least 4 members (excludes halogenated alkanes) is 2. The number of esters is 1. The number of hydrogen-bond donors (Lipinski definition) is 3. The number of allylic oxidation sites excluding steroid dienone is 2. The van der Waals surface area contributed by atoms with Crippen LogP contribution in [0.15, 0.2) is 36.1 Å². The van der Waals surface area contributed by atoms with E-state index in [0.717, 1.165) is 31.4 Å². The molecule has 0 radical (unpaired) electrons. The molecule has 224 valence electrons. The molecule has 0 saturated carbocycles. The van der Waals surface area contributed by atoms with Crippen molar-refractivity contribution < 1.29 is 33.1 Å². The Morgan fingerprint density at radius 3 is 2.63 bits per heavy atom. The summed E-state index contributed by atoms with van der Waals surface area (Å²) < 4.78 is 19.9. The minimum absolute atomic E-state index is 0.0895. The summed E-state index contributed by atoms with van der Waals surface area (Å²) in [5.41, 5.74) is -0.345. The second kappa shape index (κ2) is 17.3. The quantitative estimate of drug-likeness (QED) is 0.171. The fraction of sp³-hybridized carbons (Fsp3) is 0.517. The molecule has 1 aliphatic rings. The fourth-order valence-electron chi connectivity index (χ4n) is 3.82. The van der Waals surface area contributed by atoms with Crippen molar-refractivity contribution in [1.82, 2.24) is 20.9 Å². The molecule has 2 rings (SSSR count).